The van der Waals surface area contributed by atoms with E-state index in [-0.39, 0.29) is 0 Å². The van der Waals surface area contributed by atoms with Gasteiger partial charge in [0.2, 0.25) is 0 Å². The molecule has 1 aliphatic carbocycles. The normalized spacial score (nSPS) is 22.6. The number of anilines is 1. The first-order valence-electron chi connectivity index (χ1n) is 8.15. The highest BCUT2D eigenvalue weighted by atomic mass is 14.9. The summed E-state index contributed by atoms with van der Waals surface area (Å²) in [6.07, 6.45) is 5.30. The van der Waals surface area contributed by atoms with E-state index in [0.717, 1.165) is 35.2 Å². The average Bonchev–Trinajstić information content (AvgIpc) is 2.44. The van der Waals surface area contributed by atoms with Crippen molar-refractivity contribution in [3.8, 4) is 6.07 Å². The molecule has 0 heterocycles. The summed E-state index contributed by atoms with van der Waals surface area (Å²) in [4.78, 5) is 0. The van der Waals surface area contributed by atoms with Crippen LogP contribution in [0.3, 0.4) is 0 Å². The second-order valence-electron chi connectivity index (χ2n) is 7.57. The first-order valence-corrected chi connectivity index (χ1v) is 8.15. The number of nitrogens with zero attached hydrogens (tertiary/aromatic N) is 1. The Kier molecular flexibility index (Phi) is 4.93. The van der Waals surface area contributed by atoms with Gasteiger partial charge in [0.25, 0.3) is 0 Å². The largest absolute Gasteiger partial charge is 0.384 e. The van der Waals surface area contributed by atoms with Crippen LogP contribution in [0.4, 0.5) is 5.69 Å². The molecule has 0 bridgehead atoms. The van der Waals surface area contributed by atoms with Crippen molar-refractivity contribution >= 4 is 5.69 Å². The van der Waals surface area contributed by atoms with Gasteiger partial charge in [0.05, 0.1) is 11.3 Å². The Balaban J connectivity index is 1.89. The van der Waals surface area contributed by atoms with Gasteiger partial charge in [-0.15, -0.1) is 0 Å². The van der Waals surface area contributed by atoms with Crippen LogP contribution in [0, 0.1) is 35.5 Å². The molecule has 0 saturated heterocycles. The zero-order chi connectivity index (χ0) is 15.5. The lowest BCUT2D eigenvalue weighted by atomic mass is 9.70. The third-order valence-corrected chi connectivity index (χ3v) is 5.04. The van der Waals surface area contributed by atoms with E-state index in [9.17, 15) is 5.26 Å². The summed E-state index contributed by atoms with van der Waals surface area (Å²) < 4.78 is 0. The summed E-state index contributed by atoms with van der Waals surface area (Å²) in [5.41, 5.74) is 3.29. The molecule has 0 aliphatic heterocycles. The van der Waals surface area contributed by atoms with Gasteiger partial charge in [-0.25, -0.2) is 0 Å². The highest BCUT2D eigenvalue weighted by Crippen LogP contribution is 2.39. The van der Waals surface area contributed by atoms with Crippen LogP contribution in [0.1, 0.15) is 57.6 Å². The maximum absolute atomic E-state index is 9.27. The van der Waals surface area contributed by atoms with Crippen LogP contribution in [-0.2, 0) is 0 Å². The van der Waals surface area contributed by atoms with Crippen molar-refractivity contribution in [3.05, 3.63) is 29.3 Å². The molecule has 0 amide bonds. The second-order valence-corrected chi connectivity index (χ2v) is 7.57. The van der Waals surface area contributed by atoms with Crippen LogP contribution in [0.15, 0.2) is 18.2 Å². The van der Waals surface area contributed by atoms with Gasteiger partial charge in [0.15, 0.2) is 0 Å². The Morgan fingerprint density at radius 1 is 1.19 bits per heavy atom. The molecule has 2 nitrogen and oxygen atoms in total. The molecule has 0 aromatic heterocycles. The molecule has 2 rings (SSSR count). The minimum absolute atomic E-state index is 0.447. The zero-order valence-corrected chi connectivity index (χ0v) is 13.9. The van der Waals surface area contributed by atoms with Crippen molar-refractivity contribution in [2.45, 2.75) is 53.4 Å². The summed E-state index contributed by atoms with van der Waals surface area (Å²) in [6.45, 7) is 10.1. The minimum atomic E-state index is 0.447. The lowest BCUT2D eigenvalue weighted by molar-refractivity contribution is 0.153. The van der Waals surface area contributed by atoms with Gasteiger partial charge < -0.3 is 5.32 Å². The van der Waals surface area contributed by atoms with E-state index in [1.807, 2.05) is 25.1 Å². The van der Waals surface area contributed by atoms with Crippen LogP contribution in [0.5, 0.6) is 0 Å². The van der Waals surface area contributed by atoms with E-state index in [1.165, 1.54) is 25.7 Å². The molecule has 1 saturated carbocycles. The fourth-order valence-electron chi connectivity index (χ4n) is 3.45. The van der Waals surface area contributed by atoms with Gasteiger partial charge in [-0.3, -0.25) is 0 Å². The van der Waals surface area contributed by atoms with E-state index in [1.54, 1.807) is 0 Å². The molecule has 114 valence electrons. The summed E-state index contributed by atoms with van der Waals surface area (Å²) in [5, 5.41) is 12.8. The fraction of sp³-hybridized carbons (Fsp3) is 0.632. The Labute approximate surface area is 129 Å². The number of hydrogen-bond acceptors (Lipinski definition) is 2. The number of nitrogens with one attached hydrogen (secondary N) is 1. The number of hydrogen-bond donors (Lipinski definition) is 1. The molecule has 1 aromatic carbocycles. The average molecular weight is 284 g/mol. The quantitative estimate of drug-likeness (QED) is 0.835. The van der Waals surface area contributed by atoms with Crippen molar-refractivity contribution in [1.82, 2.24) is 0 Å². The lowest BCUT2D eigenvalue weighted by Gasteiger charge is -2.37. The summed E-state index contributed by atoms with van der Waals surface area (Å²) in [7, 11) is 0. The smallest absolute Gasteiger partial charge is 0.102 e. The highest BCUT2D eigenvalue weighted by molar-refractivity contribution is 5.60. The van der Waals surface area contributed by atoms with E-state index in [2.05, 4.69) is 32.2 Å². The van der Waals surface area contributed by atoms with Crippen molar-refractivity contribution in [2.24, 2.45) is 17.3 Å². The Bertz CT molecular complexity index is 511. The third-order valence-electron chi connectivity index (χ3n) is 5.04. The molecule has 21 heavy (non-hydrogen) atoms. The molecule has 1 fully saturated rings. The number of nitriles is 1. The molecular weight excluding hydrogens is 256 g/mol. The second kappa shape index (κ2) is 6.52. The van der Waals surface area contributed by atoms with Gasteiger partial charge in [0, 0.05) is 6.54 Å². The van der Waals surface area contributed by atoms with Crippen LogP contribution >= 0.6 is 0 Å². The number of rotatable bonds is 3. The zero-order valence-electron chi connectivity index (χ0n) is 13.9. The highest BCUT2D eigenvalue weighted by Gasteiger charge is 2.29. The lowest BCUT2D eigenvalue weighted by Crippen LogP contribution is -2.28. The van der Waals surface area contributed by atoms with E-state index >= 15 is 0 Å². The van der Waals surface area contributed by atoms with Crippen LogP contribution in [0.25, 0.3) is 0 Å². The molecule has 0 atom stereocenters. The van der Waals surface area contributed by atoms with E-state index in [4.69, 9.17) is 0 Å². The van der Waals surface area contributed by atoms with Crippen molar-refractivity contribution in [1.29, 1.82) is 5.26 Å². The Hall–Kier alpha value is -1.49. The van der Waals surface area contributed by atoms with E-state index < -0.39 is 0 Å². The maximum Gasteiger partial charge on any atom is 0.102 e. The number of aryl methyl sites for hydroxylation is 1. The first-order chi connectivity index (χ1) is 9.91. The molecule has 1 N–H and O–H groups in total. The van der Waals surface area contributed by atoms with Crippen LogP contribution in [0.2, 0.25) is 0 Å². The minimum Gasteiger partial charge on any atom is -0.384 e. The standard InChI is InChI=1S/C19H28N2/c1-14-6-5-7-18(17(14)12-20)21-13-15-8-10-16(11-9-15)19(2,3)4/h5-7,15-16,21H,8-11,13H2,1-4H3. The van der Waals surface area contributed by atoms with Crippen molar-refractivity contribution < 1.29 is 0 Å². The van der Waals surface area contributed by atoms with Crippen molar-refractivity contribution in [2.75, 3.05) is 11.9 Å². The molecular formula is C19H28N2. The summed E-state index contributed by atoms with van der Waals surface area (Å²) in [5.74, 6) is 1.61. The van der Waals surface area contributed by atoms with Crippen LogP contribution < -0.4 is 5.32 Å². The van der Waals surface area contributed by atoms with Crippen molar-refractivity contribution in [3.63, 3.8) is 0 Å². The number of benzene rings is 1. The topological polar surface area (TPSA) is 35.8 Å². The third kappa shape index (κ3) is 4.00. The molecule has 2 heteroatoms. The van der Waals surface area contributed by atoms with Gasteiger partial charge >= 0.3 is 0 Å². The fourth-order valence-corrected chi connectivity index (χ4v) is 3.45. The summed E-state index contributed by atoms with van der Waals surface area (Å²) >= 11 is 0. The Morgan fingerprint density at radius 3 is 2.43 bits per heavy atom. The predicted octanol–water partition coefficient (Wildman–Crippen LogP) is 5.13. The molecule has 0 unspecified atom stereocenters. The van der Waals surface area contributed by atoms with Gasteiger partial charge in [0.1, 0.15) is 6.07 Å². The monoisotopic (exact) mass is 284 g/mol. The molecule has 1 aliphatic rings. The van der Waals surface area contributed by atoms with E-state index in [0.29, 0.717) is 5.41 Å². The predicted molar refractivity (Wildman–Crippen MR) is 89.3 cm³/mol. The SMILES string of the molecule is Cc1cccc(NCC2CCC(C(C)(C)C)CC2)c1C#N. The van der Waals surface area contributed by atoms with Gasteiger partial charge in [-0.05, 0) is 61.5 Å². The molecule has 0 spiro atoms. The molecule has 0 radical (unpaired) electrons. The van der Waals surface area contributed by atoms with Gasteiger partial charge in [-0.1, -0.05) is 32.9 Å². The van der Waals surface area contributed by atoms with Crippen LogP contribution in [-0.4, -0.2) is 6.54 Å². The Morgan fingerprint density at radius 2 is 1.86 bits per heavy atom. The first kappa shape index (κ1) is 15.9. The maximum atomic E-state index is 9.27. The van der Waals surface area contributed by atoms with Gasteiger partial charge in [-0.2, -0.15) is 5.26 Å². The molecule has 1 aromatic rings. The summed E-state index contributed by atoms with van der Waals surface area (Å²) in [6, 6.07) is 8.36.